The Morgan fingerprint density at radius 2 is 1.95 bits per heavy atom. The van der Waals surface area contributed by atoms with Crippen molar-refractivity contribution in [1.82, 2.24) is 4.98 Å². The van der Waals surface area contributed by atoms with Crippen LogP contribution in [-0.2, 0) is 0 Å². The first-order valence-corrected chi connectivity index (χ1v) is 6.94. The average molecular weight is 269 g/mol. The number of hydrogen-bond acceptors (Lipinski definition) is 4. The molecule has 0 amide bonds. The topological polar surface area (TPSA) is 50.9 Å². The van der Waals surface area contributed by atoms with Gasteiger partial charge >= 0.3 is 0 Å². The Morgan fingerprint density at radius 1 is 1.11 bits per heavy atom. The summed E-state index contributed by atoms with van der Waals surface area (Å²) < 4.78 is 1.10. The standard InChI is InChI=1S/C15H15N3S/c1-9-3-5-12(10(2)7-9)17-15-18-13-6-4-11(16)8-14(13)19-15/h3-8H,16H2,1-2H3,(H,17,18). The van der Waals surface area contributed by atoms with E-state index in [1.807, 2.05) is 18.2 Å². The van der Waals surface area contributed by atoms with Crippen LogP contribution in [0.25, 0.3) is 10.2 Å². The van der Waals surface area contributed by atoms with Crippen LogP contribution >= 0.6 is 11.3 Å². The SMILES string of the molecule is Cc1ccc(Nc2nc3ccc(N)cc3s2)c(C)c1. The monoisotopic (exact) mass is 269 g/mol. The van der Waals surface area contributed by atoms with Gasteiger partial charge in [-0.1, -0.05) is 29.0 Å². The van der Waals surface area contributed by atoms with Gasteiger partial charge in [0.25, 0.3) is 0 Å². The second-order valence-electron chi connectivity index (χ2n) is 4.69. The van der Waals surface area contributed by atoms with Gasteiger partial charge in [-0.05, 0) is 43.7 Å². The van der Waals surface area contributed by atoms with Crippen LogP contribution in [0.15, 0.2) is 36.4 Å². The minimum atomic E-state index is 0.772. The maximum Gasteiger partial charge on any atom is 0.188 e. The molecule has 0 saturated heterocycles. The second kappa shape index (κ2) is 4.55. The van der Waals surface area contributed by atoms with Gasteiger partial charge in [-0.3, -0.25) is 0 Å². The number of hydrogen-bond donors (Lipinski definition) is 2. The molecule has 96 valence electrons. The zero-order chi connectivity index (χ0) is 13.4. The maximum absolute atomic E-state index is 5.78. The van der Waals surface area contributed by atoms with Gasteiger partial charge in [0, 0.05) is 11.4 Å². The van der Waals surface area contributed by atoms with Crippen molar-refractivity contribution < 1.29 is 0 Å². The highest BCUT2D eigenvalue weighted by molar-refractivity contribution is 7.22. The molecule has 0 radical (unpaired) electrons. The predicted molar refractivity (Wildman–Crippen MR) is 83.2 cm³/mol. The van der Waals surface area contributed by atoms with E-state index in [-0.39, 0.29) is 0 Å². The lowest BCUT2D eigenvalue weighted by molar-refractivity contribution is 1.35. The number of fused-ring (bicyclic) bond motifs is 1. The Bertz CT molecular complexity index is 746. The van der Waals surface area contributed by atoms with Crippen molar-refractivity contribution in [2.75, 3.05) is 11.1 Å². The number of nitrogens with one attached hydrogen (secondary N) is 1. The summed E-state index contributed by atoms with van der Waals surface area (Å²) in [6.45, 7) is 4.19. The van der Waals surface area contributed by atoms with Crippen LogP contribution in [0.1, 0.15) is 11.1 Å². The van der Waals surface area contributed by atoms with E-state index >= 15 is 0 Å². The Labute approximate surface area is 116 Å². The summed E-state index contributed by atoms with van der Waals surface area (Å²) in [5, 5.41) is 4.27. The summed E-state index contributed by atoms with van der Waals surface area (Å²) in [5.74, 6) is 0. The molecule has 3 aromatic rings. The lowest BCUT2D eigenvalue weighted by atomic mass is 10.1. The van der Waals surface area contributed by atoms with Crippen LogP contribution < -0.4 is 11.1 Å². The van der Waals surface area contributed by atoms with Gasteiger partial charge in [0.05, 0.1) is 10.2 Å². The Morgan fingerprint density at radius 3 is 2.74 bits per heavy atom. The number of thiazole rings is 1. The van der Waals surface area contributed by atoms with Gasteiger partial charge in [-0.2, -0.15) is 0 Å². The average Bonchev–Trinajstić information content (AvgIpc) is 2.74. The fourth-order valence-electron chi connectivity index (χ4n) is 2.06. The zero-order valence-corrected chi connectivity index (χ0v) is 11.7. The molecule has 3 rings (SSSR count). The number of rotatable bonds is 2. The van der Waals surface area contributed by atoms with Gasteiger partial charge in [-0.25, -0.2) is 4.98 Å². The summed E-state index contributed by atoms with van der Waals surface area (Å²) in [4.78, 5) is 4.56. The van der Waals surface area contributed by atoms with Gasteiger partial charge in [0.15, 0.2) is 5.13 Å². The number of anilines is 3. The van der Waals surface area contributed by atoms with Crippen LogP contribution in [0, 0.1) is 13.8 Å². The number of nitrogens with zero attached hydrogens (tertiary/aromatic N) is 1. The summed E-state index contributed by atoms with van der Waals surface area (Å²) in [5.41, 5.74) is 11.1. The Balaban J connectivity index is 1.96. The van der Waals surface area contributed by atoms with Crippen molar-refractivity contribution in [3.8, 4) is 0 Å². The molecule has 1 aromatic heterocycles. The summed E-state index contributed by atoms with van der Waals surface area (Å²) in [6.07, 6.45) is 0. The minimum Gasteiger partial charge on any atom is -0.399 e. The Hall–Kier alpha value is -2.07. The van der Waals surface area contributed by atoms with Gasteiger partial charge in [-0.15, -0.1) is 0 Å². The highest BCUT2D eigenvalue weighted by atomic mass is 32.1. The van der Waals surface area contributed by atoms with Gasteiger partial charge < -0.3 is 11.1 Å². The number of nitrogens with two attached hydrogens (primary N) is 1. The summed E-state index contributed by atoms with van der Waals surface area (Å²) in [6, 6.07) is 12.1. The van der Waals surface area contributed by atoms with Crippen molar-refractivity contribution in [3.05, 3.63) is 47.5 Å². The third-order valence-corrected chi connectivity index (χ3v) is 3.97. The van der Waals surface area contributed by atoms with Crippen molar-refractivity contribution in [2.45, 2.75) is 13.8 Å². The van der Waals surface area contributed by atoms with E-state index in [1.54, 1.807) is 11.3 Å². The number of benzene rings is 2. The van der Waals surface area contributed by atoms with Crippen LogP contribution in [0.4, 0.5) is 16.5 Å². The first-order chi connectivity index (χ1) is 9.11. The molecule has 4 heteroatoms. The van der Waals surface area contributed by atoms with E-state index in [0.29, 0.717) is 0 Å². The lowest BCUT2D eigenvalue weighted by Crippen LogP contribution is -1.92. The van der Waals surface area contributed by atoms with Crippen LogP contribution in [0.2, 0.25) is 0 Å². The third kappa shape index (κ3) is 2.39. The van der Waals surface area contributed by atoms with Crippen molar-refractivity contribution in [1.29, 1.82) is 0 Å². The molecule has 0 fully saturated rings. The fourth-order valence-corrected chi connectivity index (χ4v) is 2.99. The lowest BCUT2D eigenvalue weighted by Gasteiger charge is -2.06. The molecule has 0 bridgehead atoms. The van der Waals surface area contributed by atoms with E-state index in [1.165, 1.54) is 11.1 Å². The quantitative estimate of drug-likeness (QED) is 0.684. The van der Waals surface area contributed by atoms with Crippen molar-refractivity contribution in [3.63, 3.8) is 0 Å². The molecule has 3 N–H and O–H groups in total. The smallest absolute Gasteiger partial charge is 0.188 e. The first-order valence-electron chi connectivity index (χ1n) is 6.12. The van der Waals surface area contributed by atoms with E-state index in [0.717, 1.165) is 26.7 Å². The number of aromatic nitrogens is 1. The highest BCUT2D eigenvalue weighted by Gasteiger charge is 2.05. The van der Waals surface area contributed by atoms with E-state index in [2.05, 4.69) is 42.3 Å². The molecule has 19 heavy (non-hydrogen) atoms. The maximum atomic E-state index is 5.78. The molecule has 3 nitrogen and oxygen atoms in total. The summed E-state index contributed by atoms with van der Waals surface area (Å²) >= 11 is 1.62. The zero-order valence-electron chi connectivity index (χ0n) is 10.9. The predicted octanol–water partition coefficient (Wildman–Crippen LogP) is 4.24. The minimum absolute atomic E-state index is 0.772. The van der Waals surface area contributed by atoms with Crippen LogP contribution in [0.3, 0.4) is 0 Å². The van der Waals surface area contributed by atoms with Crippen molar-refractivity contribution >= 4 is 38.1 Å². The largest absolute Gasteiger partial charge is 0.399 e. The molecule has 0 spiro atoms. The molecule has 0 aliphatic rings. The molecule has 0 aliphatic carbocycles. The number of aryl methyl sites for hydroxylation is 2. The molecular formula is C15H15N3S. The normalized spacial score (nSPS) is 10.8. The molecule has 0 aliphatic heterocycles. The van der Waals surface area contributed by atoms with Gasteiger partial charge in [0.1, 0.15) is 0 Å². The van der Waals surface area contributed by atoms with Gasteiger partial charge in [0.2, 0.25) is 0 Å². The molecule has 0 unspecified atom stereocenters. The number of nitrogen functional groups attached to an aromatic ring is 1. The second-order valence-corrected chi connectivity index (χ2v) is 5.72. The fraction of sp³-hybridized carbons (Fsp3) is 0.133. The molecule has 0 saturated carbocycles. The summed E-state index contributed by atoms with van der Waals surface area (Å²) in [7, 11) is 0. The molecule has 0 atom stereocenters. The highest BCUT2D eigenvalue weighted by Crippen LogP contribution is 2.30. The third-order valence-electron chi connectivity index (χ3n) is 3.04. The van der Waals surface area contributed by atoms with Crippen LogP contribution in [-0.4, -0.2) is 4.98 Å². The molecule has 2 aromatic carbocycles. The first kappa shape index (κ1) is 12.0. The van der Waals surface area contributed by atoms with E-state index in [4.69, 9.17) is 5.73 Å². The van der Waals surface area contributed by atoms with E-state index < -0.39 is 0 Å². The molecule has 1 heterocycles. The van der Waals surface area contributed by atoms with Crippen molar-refractivity contribution in [2.24, 2.45) is 0 Å². The molecular weight excluding hydrogens is 254 g/mol. The van der Waals surface area contributed by atoms with E-state index in [9.17, 15) is 0 Å². The Kier molecular flexibility index (Phi) is 2.87. The van der Waals surface area contributed by atoms with Crippen LogP contribution in [0.5, 0.6) is 0 Å².